The predicted molar refractivity (Wildman–Crippen MR) is 97.3 cm³/mol. The van der Waals surface area contributed by atoms with E-state index in [9.17, 15) is 9.59 Å². The van der Waals surface area contributed by atoms with E-state index in [1.165, 1.54) is 24.5 Å². The lowest BCUT2D eigenvalue weighted by Crippen LogP contribution is -2.12. The first-order valence-corrected chi connectivity index (χ1v) is 8.62. The largest absolute Gasteiger partial charge is 0.298 e. The number of hydrogen-bond donors (Lipinski definition) is 1. The molecule has 2 aromatic heterocycles. The van der Waals surface area contributed by atoms with Gasteiger partial charge in [-0.3, -0.25) is 19.6 Å². The Kier molecular flexibility index (Phi) is 4.76. The van der Waals surface area contributed by atoms with Gasteiger partial charge in [0, 0.05) is 18.2 Å². The van der Waals surface area contributed by atoms with Crippen LogP contribution in [0, 0.1) is 13.8 Å². The monoisotopic (exact) mass is 354 g/mol. The Balaban J connectivity index is 1.67. The summed E-state index contributed by atoms with van der Waals surface area (Å²) in [6, 6.07) is 9.40. The number of ketones is 1. The van der Waals surface area contributed by atoms with Crippen LogP contribution in [0.1, 0.15) is 43.9 Å². The van der Waals surface area contributed by atoms with Gasteiger partial charge in [0.1, 0.15) is 0 Å². The van der Waals surface area contributed by atoms with E-state index in [0.29, 0.717) is 22.1 Å². The molecule has 6 nitrogen and oxygen atoms in total. The second-order valence-corrected chi connectivity index (χ2v) is 6.85. The number of nitrogens with zero attached hydrogens (tertiary/aromatic N) is 3. The fourth-order valence-electron chi connectivity index (χ4n) is 2.43. The smallest absolute Gasteiger partial charge is 0.257 e. The van der Waals surface area contributed by atoms with Crippen molar-refractivity contribution in [2.75, 3.05) is 5.32 Å². The van der Waals surface area contributed by atoms with Gasteiger partial charge in [-0.2, -0.15) is 5.10 Å². The average Bonchev–Trinajstić information content (AvgIpc) is 3.15. The topological polar surface area (TPSA) is 76.9 Å². The van der Waals surface area contributed by atoms with Crippen molar-refractivity contribution in [3.05, 3.63) is 63.9 Å². The van der Waals surface area contributed by atoms with Gasteiger partial charge in [0.2, 0.25) is 0 Å². The van der Waals surface area contributed by atoms with Gasteiger partial charge in [0.15, 0.2) is 10.9 Å². The van der Waals surface area contributed by atoms with Crippen molar-refractivity contribution >= 4 is 28.2 Å². The van der Waals surface area contributed by atoms with E-state index >= 15 is 0 Å². The predicted octanol–water partition coefficient (Wildman–Crippen LogP) is 3.46. The molecular formula is C18H18N4O2S. The Morgan fingerprint density at radius 3 is 2.48 bits per heavy atom. The molecule has 0 aliphatic heterocycles. The number of amides is 1. The highest BCUT2D eigenvalue weighted by molar-refractivity contribution is 7.17. The Labute approximate surface area is 149 Å². The maximum atomic E-state index is 12.3. The van der Waals surface area contributed by atoms with Crippen LogP contribution in [-0.2, 0) is 6.54 Å². The third kappa shape index (κ3) is 4.00. The van der Waals surface area contributed by atoms with Crippen LogP contribution in [0.5, 0.6) is 0 Å². The normalized spacial score (nSPS) is 10.7. The van der Waals surface area contributed by atoms with Gasteiger partial charge >= 0.3 is 0 Å². The molecule has 1 aromatic carbocycles. The van der Waals surface area contributed by atoms with E-state index in [4.69, 9.17) is 0 Å². The van der Waals surface area contributed by atoms with E-state index in [2.05, 4.69) is 15.4 Å². The molecule has 1 amide bonds. The van der Waals surface area contributed by atoms with Gasteiger partial charge in [0.25, 0.3) is 5.91 Å². The zero-order valence-corrected chi connectivity index (χ0v) is 15.1. The molecule has 1 N–H and O–H groups in total. The summed E-state index contributed by atoms with van der Waals surface area (Å²) in [5.74, 6) is -0.311. The lowest BCUT2D eigenvalue weighted by molar-refractivity contribution is 0.101. The summed E-state index contributed by atoms with van der Waals surface area (Å²) in [5.41, 5.74) is 3.69. The number of aromatic nitrogens is 3. The van der Waals surface area contributed by atoms with Gasteiger partial charge in [-0.15, -0.1) is 0 Å². The molecule has 0 unspecified atom stereocenters. The summed E-state index contributed by atoms with van der Waals surface area (Å²) >= 11 is 1.17. The summed E-state index contributed by atoms with van der Waals surface area (Å²) in [4.78, 5) is 28.1. The number of hydrogen-bond acceptors (Lipinski definition) is 5. The van der Waals surface area contributed by atoms with E-state index in [0.717, 1.165) is 17.0 Å². The number of Topliss-reactive ketones (excluding diaryl/α,β-unsaturated/α-hetero) is 1. The van der Waals surface area contributed by atoms with Crippen molar-refractivity contribution in [3.63, 3.8) is 0 Å². The molecule has 128 valence electrons. The van der Waals surface area contributed by atoms with Crippen LogP contribution < -0.4 is 5.32 Å². The lowest BCUT2D eigenvalue weighted by atomic mass is 10.1. The summed E-state index contributed by atoms with van der Waals surface area (Å²) in [6.45, 7) is 6.12. The minimum Gasteiger partial charge on any atom is -0.298 e. The fourth-order valence-corrected chi connectivity index (χ4v) is 3.14. The van der Waals surface area contributed by atoms with Crippen LogP contribution in [0.2, 0.25) is 0 Å². The first kappa shape index (κ1) is 17.0. The van der Waals surface area contributed by atoms with Crippen LogP contribution in [-0.4, -0.2) is 26.5 Å². The molecule has 0 fully saturated rings. The molecule has 0 aliphatic carbocycles. The van der Waals surface area contributed by atoms with Gasteiger partial charge in [-0.1, -0.05) is 23.5 Å². The Hall–Kier alpha value is -2.80. The molecule has 0 radical (unpaired) electrons. The second kappa shape index (κ2) is 6.98. The number of rotatable bonds is 5. The zero-order chi connectivity index (χ0) is 18.0. The summed E-state index contributed by atoms with van der Waals surface area (Å²) in [5, 5.41) is 7.57. The lowest BCUT2D eigenvalue weighted by Gasteiger charge is -2.06. The molecule has 0 spiro atoms. The number of benzene rings is 1. The van der Waals surface area contributed by atoms with Crippen molar-refractivity contribution in [2.45, 2.75) is 27.3 Å². The van der Waals surface area contributed by atoms with E-state index in [1.807, 2.05) is 36.7 Å². The minimum atomic E-state index is -0.248. The molecule has 7 heteroatoms. The second-order valence-electron chi connectivity index (χ2n) is 5.82. The van der Waals surface area contributed by atoms with Gasteiger partial charge in [0.05, 0.1) is 23.3 Å². The minimum absolute atomic E-state index is 0.0634. The number of aryl methyl sites for hydroxylation is 2. The van der Waals surface area contributed by atoms with Crippen LogP contribution >= 0.6 is 11.3 Å². The van der Waals surface area contributed by atoms with Crippen LogP contribution in [0.25, 0.3) is 0 Å². The highest BCUT2D eigenvalue weighted by atomic mass is 32.1. The molecule has 0 saturated carbocycles. The maximum absolute atomic E-state index is 12.3. The highest BCUT2D eigenvalue weighted by Crippen LogP contribution is 2.19. The third-order valence-corrected chi connectivity index (χ3v) is 4.74. The third-order valence-electron chi connectivity index (χ3n) is 3.72. The van der Waals surface area contributed by atoms with E-state index in [-0.39, 0.29) is 11.7 Å². The summed E-state index contributed by atoms with van der Waals surface area (Å²) in [7, 11) is 0. The van der Waals surface area contributed by atoms with Crippen molar-refractivity contribution in [1.29, 1.82) is 0 Å². The van der Waals surface area contributed by atoms with Gasteiger partial charge < -0.3 is 0 Å². The van der Waals surface area contributed by atoms with Crippen molar-refractivity contribution in [3.8, 4) is 0 Å². The molecule has 25 heavy (non-hydrogen) atoms. The average molecular weight is 354 g/mol. The van der Waals surface area contributed by atoms with E-state index < -0.39 is 0 Å². The van der Waals surface area contributed by atoms with E-state index in [1.54, 1.807) is 12.1 Å². The van der Waals surface area contributed by atoms with Gasteiger partial charge in [-0.25, -0.2) is 4.98 Å². The Morgan fingerprint density at radius 2 is 1.92 bits per heavy atom. The van der Waals surface area contributed by atoms with Crippen LogP contribution in [0.15, 0.2) is 36.5 Å². The fraction of sp³-hybridized carbons (Fsp3) is 0.222. The molecule has 3 aromatic rings. The zero-order valence-electron chi connectivity index (χ0n) is 14.2. The molecule has 0 atom stereocenters. The quantitative estimate of drug-likeness (QED) is 0.712. The maximum Gasteiger partial charge on any atom is 0.257 e. The molecule has 0 bridgehead atoms. The molecular weight excluding hydrogens is 336 g/mol. The van der Waals surface area contributed by atoms with Crippen molar-refractivity contribution in [1.82, 2.24) is 14.8 Å². The number of anilines is 1. The molecule has 0 saturated heterocycles. The van der Waals surface area contributed by atoms with Crippen LogP contribution in [0.4, 0.5) is 5.13 Å². The first-order chi connectivity index (χ1) is 11.9. The molecule has 0 aliphatic rings. The molecule has 2 heterocycles. The molecule has 3 rings (SSSR count). The Bertz CT molecular complexity index is 925. The number of carbonyl (C=O) groups excluding carboxylic acids is 2. The van der Waals surface area contributed by atoms with Gasteiger partial charge in [-0.05, 0) is 37.6 Å². The number of nitrogens with one attached hydrogen (secondary N) is 1. The number of thiazole rings is 1. The Morgan fingerprint density at radius 1 is 1.20 bits per heavy atom. The first-order valence-electron chi connectivity index (χ1n) is 7.80. The van der Waals surface area contributed by atoms with Crippen LogP contribution in [0.3, 0.4) is 0 Å². The van der Waals surface area contributed by atoms with Crippen molar-refractivity contribution < 1.29 is 9.59 Å². The summed E-state index contributed by atoms with van der Waals surface area (Å²) < 4.78 is 1.93. The SMILES string of the molecule is CC(=O)c1cnc(NC(=O)c2ccc(Cn3nc(C)cc3C)cc2)s1. The van der Waals surface area contributed by atoms with Crippen molar-refractivity contribution in [2.24, 2.45) is 0 Å². The standard InChI is InChI=1S/C18H18N4O2S/c1-11-8-12(2)22(21-11)10-14-4-6-15(7-5-14)17(24)20-18-19-9-16(25-18)13(3)23/h4-9H,10H2,1-3H3,(H,19,20,24). The highest BCUT2D eigenvalue weighted by Gasteiger charge is 2.11. The number of carbonyl (C=O) groups is 2. The summed E-state index contributed by atoms with van der Waals surface area (Å²) in [6.07, 6.45) is 1.47.